The molecule has 2 N–H and O–H groups in total. The number of ether oxygens (including phenoxy) is 1. The van der Waals surface area contributed by atoms with E-state index in [0.717, 1.165) is 18.6 Å². The molecular formula is C15H15NO. The van der Waals surface area contributed by atoms with Gasteiger partial charge >= 0.3 is 0 Å². The highest BCUT2D eigenvalue weighted by Gasteiger charge is 2.54. The molecule has 2 aliphatic carbocycles. The zero-order valence-corrected chi connectivity index (χ0v) is 9.60. The Labute approximate surface area is 101 Å². The number of hydrogen-bond donors (Lipinski definition) is 1. The molecule has 1 aliphatic heterocycles. The molecule has 0 radical (unpaired) electrons. The maximum absolute atomic E-state index is 6.11. The predicted octanol–water partition coefficient (Wildman–Crippen LogP) is 2.57. The Hall–Kier alpha value is -1.54. The third kappa shape index (κ3) is 1.25. The molecule has 2 heteroatoms. The summed E-state index contributed by atoms with van der Waals surface area (Å²) in [5.41, 5.74) is 10.1. The van der Waals surface area contributed by atoms with Gasteiger partial charge in [-0.15, -0.1) is 0 Å². The summed E-state index contributed by atoms with van der Waals surface area (Å²) in [6, 6.07) is 8.75. The number of rotatable bonds is 0. The van der Waals surface area contributed by atoms with E-state index in [0.29, 0.717) is 5.92 Å². The van der Waals surface area contributed by atoms with E-state index >= 15 is 0 Å². The molecule has 1 aromatic rings. The van der Waals surface area contributed by atoms with Gasteiger partial charge in [0.1, 0.15) is 11.9 Å². The van der Waals surface area contributed by atoms with Crippen molar-refractivity contribution in [1.82, 2.24) is 0 Å². The van der Waals surface area contributed by atoms with E-state index in [2.05, 4.69) is 36.4 Å². The van der Waals surface area contributed by atoms with E-state index < -0.39 is 0 Å². The molecule has 0 amide bonds. The van der Waals surface area contributed by atoms with Crippen molar-refractivity contribution >= 4 is 5.57 Å². The highest BCUT2D eigenvalue weighted by molar-refractivity contribution is 5.81. The minimum Gasteiger partial charge on any atom is -0.488 e. The van der Waals surface area contributed by atoms with Crippen LogP contribution in [0, 0.1) is 0 Å². The molecular weight excluding hydrogens is 210 g/mol. The Morgan fingerprint density at radius 2 is 1.94 bits per heavy atom. The van der Waals surface area contributed by atoms with Crippen LogP contribution in [0.4, 0.5) is 0 Å². The fourth-order valence-corrected chi connectivity index (χ4v) is 3.03. The van der Waals surface area contributed by atoms with Gasteiger partial charge in [0.15, 0.2) is 0 Å². The highest BCUT2D eigenvalue weighted by Crippen LogP contribution is 2.51. The second kappa shape index (κ2) is 3.23. The first-order valence-electron chi connectivity index (χ1n) is 6.28. The first kappa shape index (κ1) is 9.49. The van der Waals surface area contributed by atoms with Gasteiger partial charge < -0.3 is 10.5 Å². The van der Waals surface area contributed by atoms with Gasteiger partial charge in [0.2, 0.25) is 0 Å². The first-order chi connectivity index (χ1) is 8.36. The fourth-order valence-electron chi connectivity index (χ4n) is 3.03. The van der Waals surface area contributed by atoms with Crippen LogP contribution in [0.1, 0.15) is 29.9 Å². The van der Waals surface area contributed by atoms with E-state index in [9.17, 15) is 0 Å². The van der Waals surface area contributed by atoms with Crippen molar-refractivity contribution < 1.29 is 4.74 Å². The topological polar surface area (TPSA) is 35.2 Å². The minimum atomic E-state index is 0.167. The molecule has 0 saturated heterocycles. The van der Waals surface area contributed by atoms with Crippen molar-refractivity contribution in [1.29, 1.82) is 0 Å². The summed E-state index contributed by atoms with van der Waals surface area (Å²) >= 11 is 0. The second-order valence-electron chi connectivity index (χ2n) is 5.04. The van der Waals surface area contributed by atoms with Crippen molar-refractivity contribution in [2.24, 2.45) is 5.73 Å². The summed E-state index contributed by atoms with van der Waals surface area (Å²) in [6.45, 7) is 0. The van der Waals surface area contributed by atoms with Crippen LogP contribution in [-0.2, 0) is 4.74 Å². The average molecular weight is 225 g/mol. The maximum Gasteiger partial charge on any atom is 0.123 e. The zero-order chi connectivity index (χ0) is 11.4. The second-order valence-corrected chi connectivity index (χ2v) is 5.04. The van der Waals surface area contributed by atoms with E-state index in [1.807, 2.05) is 0 Å². The smallest absolute Gasteiger partial charge is 0.123 e. The monoisotopic (exact) mass is 225 g/mol. The molecule has 0 bridgehead atoms. The molecule has 0 aromatic heterocycles. The fraction of sp³-hybridized carbons (Fsp3) is 0.333. The Morgan fingerprint density at radius 1 is 1.12 bits per heavy atom. The lowest BCUT2D eigenvalue weighted by Crippen LogP contribution is -2.11. The SMILES string of the molecule is NC1C2OC3=CCCC=C3c3ccccc3C12. The van der Waals surface area contributed by atoms with Gasteiger partial charge in [0.05, 0.1) is 6.04 Å². The summed E-state index contributed by atoms with van der Waals surface area (Å²) in [7, 11) is 0. The zero-order valence-electron chi connectivity index (χ0n) is 9.60. The molecule has 1 heterocycles. The molecule has 1 aromatic carbocycles. The van der Waals surface area contributed by atoms with Gasteiger partial charge in [0.25, 0.3) is 0 Å². The van der Waals surface area contributed by atoms with Crippen LogP contribution in [0.15, 0.2) is 42.2 Å². The van der Waals surface area contributed by atoms with Crippen molar-refractivity contribution in [3.05, 3.63) is 53.3 Å². The molecule has 3 unspecified atom stereocenters. The van der Waals surface area contributed by atoms with Gasteiger partial charge in [-0.25, -0.2) is 0 Å². The highest BCUT2D eigenvalue weighted by atomic mass is 16.5. The molecule has 1 fully saturated rings. The maximum atomic E-state index is 6.11. The summed E-state index contributed by atoms with van der Waals surface area (Å²) in [4.78, 5) is 0. The van der Waals surface area contributed by atoms with Gasteiger partial charge in [-0.2, -0.15) is 0 Å². The Morgan fingerprint density at radius 3 is 2.88 bits per heavy atom. The van der Waals surface area contributed by atoms with E-state index in [1.54, 1.807) is 0 Å². The quantitative estimate of drug-likeness (QED) is 0.736. The molecule has 86 valence electrons. The molecule has 4 rings (SSSR count). The molecule has 2 nitrogen and oxygen atoms in total. The largest absolute Gasteiger partial charge is 0.488 e. The van der Waals surface area contributed by atoms with E-state index in [1.165, 1.54) is 16.7 Å². The lowest BCUT2D eigenvalue weighted by Gasteiger charge is -2.17. The van der Waals surface area contributed by atoms with Crippen LogP contribution >= 0.6 is 0 Å². The lowest BCUT2D eigenvalue weighted by molar-refractivity contribution is 0.202. The van der Waals surface area contributed by atoms with Gasteiger partial charge in [-0.05, 0) is 30.0 Å². The minimum absolute atomic E-state index is 0.167. The first-order valence-corrected chi connectivity index (χ1v) is 6.28. The summed E-state index contributed by atoms with van der Waals surface area (Å²) in [5, 5.41) is 0. The predicted molar refractivity (Wildman–Crippen MR) is 67.3 cm³/mol. The normalized spacial score (nSPS) is 33.1. The summed E-state index contributed by atoms with van der Waals surface area (Å²) in [5.74, 6) is 1.43. The van der Waals surface area contributed by atoms with E-state index in [-0.39, 0.29) is 12.1 Å². The Kier molecular flexibility index (Phi) is 1.80. The van der Waals surface area contributed by atoms with Gasteiger partial charge in [-0.3, -0.25) is 0 Å². The number of benzene rings is 1. The molecule has 3 aliphatic rings. The molecule has 17 heavy (non-hydrogen) atoms. The van der Waals surface area contributed by atoms with Crippen molar-refractivity contribution in [2.75, 3.05) is 0 Å². The van der Waals surface area contributed by atoms with Crippen molar-refractivity contribution in [2.45, 2.75) is 30.9 Å². The molecule has 0 spiro atoms. The third-order valence-electron chi connectivity index (χ3n) is 3.99. The molecule has 1 saturated carbocycles. The Balaban J connectivity index is 1.94. The summed E-state index contributed by atoms with van der Waals surface area (Å²) < 4.78 is 6.05. The number of allylic oxidation sites excluding steroid dienone is 3. The molecule has 3 atom stereocenters. The number of nitrogens with two attached hydrogens (primary N) is 1. The van der Waals surface area contributed by atoms with Crippen molar-refractivity contribution in [3.8, 4) is 0 Å². The van der Waals surface area contributed by atoms with Crippen LogP contribution < -0.4 is 5.73 Å². The average Bonchev–Trinajstić information content (AvgIpc) is 3.03. The Bertz CT molecular complexity index is 544. The van der Waals surface area contributed by atoms with Crippen LogP contribution in [0.2, 0.25) is 0 Å². The van der Waals surface area contributed by atoms with Gasteiger partial charge in [0, 0.05) is 11.5 Å². The van der Waals surface area contributed by atoms with Crippen LogP contribution in [-0.4, -0.2) is 12.1 Å². The summed E-state index contributed by atoms with van der Waals surface area (Å²) in [6.07, 6.45) is 6.88. The van der Waals surface area contributed by atoms with Gasteiger partial charge in [-0.1, -0.05) is 30.3 Å². The van der Waals surface area contributed by atoms with E-state index in [4.69, 9.17) is 10.5 Å². The number of hydrogen-bond acceptors (Lipinski definition) is 2. The number of fused-ring (bicyclic) bond motifs is 5. The van der Waals surface area contributed by atoms with Crippen LogP contribution in [0.3, 0.4) is 0 Å². The third-order valence-corrected chi connectivity index (χ3v) is 3.99. The standard InChI is InChI=1S/C15H15NO/c16-14-13-11-7-2-1-5-9(11)10-6-3-4-8-12(10)17-15(13)14/h1-2,5-8,13-15H,3-4,16H2. The lowest BCUT2D eigenvalue weighted by atomic mass is 9.92. The van der Waals surface area contributed by atoms with Crippen LogP contribution in [0.25, 0.3) is 5.57 Å². The van der Waals surface area contributed by atoms with Crippen molar-refractivity contribution in [3.63, 3.8) is 0 Å². The van der Waals surface area contributed by atoms with Crippen LogP contribution in [0.5, 0.6) is 0 Å².